The van der Waals surface area contributed by atoms with E-state index in [1.165, 1.54) is 11.9 Å². The first kappa shape index (κ1) is 17.2. The number of nitrogens with two attached hydrogens (primary N) is 1. The van der Waals surface area contributed by atoms with Gasteiger partial charge in [0.15, 0.2) is 0 Å². The number of carboxylic acid groups (broad SMARTS) is 1. The molecule has 0 radical (unpaired) electrons. The molecule has 0 aromatic rings. The molecule has 0 unspecified atom stereocenters. The van der Waals surface area contributed by atoms with Gasteiger partial charge in [-0.05, 0) is 18.3 Å². The van der Waals surface area contributed by atoms with Gasteiger partial charge in [0.1, 0.15) is 6.54 Å². The Morgan fingerprint density at radius 1 is 1.26 bits per heavy atom. The SMILES string of the molecule is CN(CC(N)=O)C(=O)NCCC(C)(C)CCC(=O)O. The van der Waals surface area contributed by atoms with Crippen LogP contribution in [0.25, 0.3) is 0 Å². The standard InChI is InChI=1S/C12H23N3O4/c1-12(2,5-4-10(17)18)6-7-14-11(19)15(3)8-9(13)16/h4-8H2,1-3H3,(H2,13,16)(H,14,19)(H,17,18). The summed E-state index contributed by atoms with van der Waals surface area (Å²) >= 11 is 0. The van der Waals surface area contributed by atoms with Crippen LogP contribution in [0.5, 0.6) is 0 Å². The number of hydrogen-bond donors (Lipinski definition) is 3. The molecule has 7 heteroatoms. The van der Waals surface area contributed by atoms with Crippen molar-refractivity contribution in [3.63, 3.8) is 0 Å². The van der Waals surface area contributed by atoms with Crippen molar-refractivity contribution in [2.24, 2.45) is 11.1 Å². The Morgan fingerprint density at radius 2 is 1.84 bits per heavy atom. The highest BCUT2D eigenvalue weighted by molar-refractivity contribution is 5.82. The van der Waals surface area contributed by atoms with E-state index in [1.54, 1.807) is 0 Å². The molecule has 0 aliphatic heterocycles. The summed E-state index contributed by atoms with van der Waals surface area (Å²) in [4.78, 5) is 33.9. The molecule has 0 spiro atoms. The van der Waals surface area contributed by atoms with Crippen molar-refractivity contribution >= 4 is 17.9 Å². The Balaban J connectivity index is 3.97. The van der Waals surface area contributed by atoms with Crippen LogP contribution in [0.2, 0.25) is 0 Å². The van der Waals surface area contributed by atoms with Gasteiger partial charge in [-0.1, -0.05) is 13.8 Å². The maximum Gasteiger partial charge on any atom is 0.317 e. The monoisotopic (exact) mass is 273 g/mol. The van der Waals surface area contributed by atoms with E-state index in [1.807, 2.05) is 13.8 Å². The average Bonchev–Trinajstić information content (AvgIpc) is 2.25. The van der Waals surface area contributed by atoms with Gasteiger partial charge in [0.2, 0.25) is 5.91 Å². The third kappa shape index (κ3) is 8.87. The molecule has 0 rings (SSSR count). The summed E-state index contributed by atoms with van der Waals surface area (Å²) in [5.74, 6) is -1.39. The lowest BCUT2D eigenvalue weighted by Gasteiger charge is -2.24. The fraction of sp³-hybridized carbons (Fsp3) is 0.750. The van der Waals surface area contributed by atoms with Crippen molar-refractivity contribution in [3.8, 4) is 0 Å². The number of carbonyl (C=O) groups is 3. The first-order valence-corrected chi connectivity index (χ1v) is 6.13. The molecule has 0 aliphatic carbocycles. The molecule has 0 aliphatic rings. The number of nitrogens with zero attached hydrogens (tertiary/aromatic N) is 1. The molecule has 0 aromatic carbocycles. The summed E-state index contributed by atoms with van der Waals surface area (Å²) in [7, 11) is 1.48. The largest absolute Gasteiger partial charge is 0.481 e. The van der Waals surface area contributed by atoms with E-state index in [4.69, 9.17) is 10.8 Å². The quantitative estimate of drug-likeness (QED) is 0.594. The molecule has 0 bridgehead atoms. The van der Waals surface area contributed by atoms with E-state index in [-0.39, 0.29) is 24.4 Å². The number of primary amides is 1. The first-order chi connectivity index (χ1) is 8.64. The number of rotatable bonds is 8. The number of hydrogen-bond acceptors (Lipinski definition) is 3. The molecule has 19 heavy (non-hydrogen) atoms. The van der Waals surface area contributed by atoms with Gasteiger partial charge < -0.3 is 21.1 Å². The van der Waals surface area contributed by atoms with Gasteiger partial charge in [-0.3, -0.25) is 9.59 Å². The number of carbonyl (C=O) groups excluding carboxylic acids is 2. The van der Waals surface area contributed by atoms with E-state index < -0.39 is 11.9 Å². The van der Waals surface area contributed by atoms with Gasteiger partial charge in [-0.15, -0.1) is 0 Å². The topological polar surface area (TPSA) is 113 Å². The number of nitrogens with one attached hydrogen (secondary N) is 1. The van der Waals surface area contributed by atoms with Crippen molar-refractivity contribution in [2.75, 3.05) is 20.1 Å². The zero-order valence-electron chi connectivity index (χ0n) is 11.7. The van der Waals surface area contributed by atoms with Gasteiger partial charge in [0.05, 0.1) is 0 Å². The van der Waals surface area contributed by atoms with Gasteiger partial charge in [0, 0.05) is 20.0 Å². The summed E-state index contributed by atoms with van der Waals surface area (Å²) in [6.45, 7) is 4.20. The fourth-order valence-electron chi connectivity index (χ4n) is 1.52. The number of likely N-dealkylation sites (N-methyl/N-ethyl adjacent to an activating group) is 1. The normalized spacial score (nSPS) is 10.9. The molecule has 7 nitrogen and oxygen atoms in total. The molecule has 0 fully saturated rings. The van der Waals surface area contributed by atoms with E-state index in [2.05, 4.69) is 5.32 Å². The highest BCUT2D eigenvalue weighted by Crippen LogP contribution is 2.25. The zero-order valence-corrected chi connectivity index (χ0v) is 11.7. The van der Waals surface area contributed by atoms with Crippen molar-refractivity contribution in [1.82, 2.24) is 10.2 Å². The van der Waals surface area contributed by atoms with Crippen LogP contribution in [0, 0.1) is 5.41 Å². The van der Waals surface area contributed by atoms with Crippen LogP contribution < -0.4 is 11.1 Å². The number of urea groups is 1. The zero-order chi connectivity index (χ0) is 15.1. The lowest BCUT2D eigenvalue weighted by atomic mass is 9.84. The van der Waals surface area contributed by atoms with E-state index in [9.17, 15) is 14.4 Å². The minimum atomic E-state index is -0.821. The van der Waals surface area contributed by atoms with Crippen molar-refractivity contribution in [2.45, 2.75) is 33.1 Å². The predicted octanol–water partition coefficient (Wildman–Crippen LogP) is 0.394. The minimum absolute atomic E-state index is 0.114. The van der Waals surface area contributed by atoms with Gasteiger partial charge >= 0.3 is 12.0 Å². The Morgan fingerprint density at radius 3 is 2.32 bits per heavy atom. The lowest BCUT2D eigenvalue weighted by molar-refractivity contribution is -0.137. The second kappa shape index (κ2) is 7.60. The van der Waals surface area contributed by atoms with Crippen LogP contribution in [0.3, 0.4) is 0 Å². The maximum absolute atomic E-state index is 11.5. The number of carboxylic acids is 1. The molecule has 0 saturated carbocycles. The maximum atomic E-state index is 11.5. The summed E-state index contributed by atoms with van der Waals surface area (Å²) in [5.41, 5.74) is 4.82. The second-order valence-corrected chi connectivity index (χ2v) is 5.36. The number of aliphatic carboxylic acids is 1. The van der Waals surface area contributed by atoms with Crippen molar-refractivity contribution < 1.29 is 19.5 Å². The second-order valence-electron chi connectivity index (χ2n) is 5.36. The molecule has 3 amide bonds. The third-order valence-electron chi connectivity index (χ3n) is 2.83. The predicted molar refractivity (Wildman–Crippen MR) is 70.5 cm³/mol. The number of amides is 3. The first-order valence-electron chi connectivity index (χ1n) is 6.13. The van der Waals surface area contributed by atoms with Crippen LogP contribution >= 0.6 is 0 Å². The molecular formula is C12H23N3O4. The molecule has 0 atom stereocenters. The Hall–Kier alpha value is -1.79. The van der Waals surface area contributed by atoms with E-state index >= 15 is 0 Å². The minimum Gasteiger partial charge on any atom is -0.481 e. The smallest absolute Gasteiger partial charge is 0.317 e. The summed E-state index contributed by atoms with van der Waals surface area (Å²) in [5, 5.41) is 11.3. The van der Waals surface area contributed by atoms with Crippen LogP contribution in [0.1, 0.15) is 33.1 Å². The van der Waals surface area contributed by atoms with E-state index in [0.29, 0.717) is 19.4 Å². The fourth-order valence-corrected chi connectivity index (χ4v) is 1.52. The van der Waals surface area contributed by atoms with Crippen molar-refractivity contribution in [3.05, 3.63) is 0 Å². The summed E-state index contributed by atoms with van der Waals surface area (Å²) in [6.07, 6.45) is 1.33. The lowest BCUT2D eigenvalue weighted by Crippen LogP contribution is -2.42. The van der Waals surface area contributed by atoms with Gasteiger partial charge in [-0.2, -0.15) is 0 Å². The molecular weight excluding hydrogens is 250 g/mol. The molecule has 110 valence electrons. The Kier molecular flexibility index (Phi) is 6.89. The Labute approximate surface area is 113 Å². The molecule has 0 aromatic heterocycles. The third-order valence-corrected chi connectivity index (χ3v) is 2.83. The van der Waals surface area contributed by atoms with Crippen LogP contribution in [0.4, 0.5) is 4.79 Å². The van der Waals surface area contributed by atoms with Gasteiger partial charge in [-0.25, -0.2) is 4.79 Å². The summed E-state index contributed by atoms with van der Waals surface area (Å²) < 4.78 is 0. The highest BCUT2D eigenvalue weighted by atomic mass is 16.4. The van der Waals surface area contributed by atoms with Crippen LogP contribution in [0.15, 0.2) is 0 Å². The van der Waals surface area contributed by atoms with E-state index in [0.717, 1.165) is 0 Å². The van der Waals surface area contributed by atoms with Crippen LogP contribution in [-0.2, 0) is 9.59 Å². The highest BCUT2D eigenvalue weighted by Gasteiger charge is 2.19. The Bertz CT molecular complexity index is 342. The average molecular weight is 273 g/mol. The molecule has 0 saturated heterocycles. The van der Waals surface area contributed by atoms with Gasteiger partial charge in [0.25, 0.3) is 0 Å². The summed E-state index contributed by atoms with van der Waals surface area (Å²) in [6, 6.07) is -0.368. The van der Waals surface area contributed by atoms with Crippen molar-refractivity contribution in [1.29, 1.82) is 0 Å². The molecule has 0 heterocycles. The van der Waals surface area contributed by atoms with Crippen LogP contribution in [-0.4, -0.2) is 48.1 Å². The molecule has 4 N–H and O–H groups in total.